The molecule has 5 heteroatoms. The van der Waals surface area contributed by atoms with Crippen molar-refractivity contribution >= 4 is 5.69 Å². The van der Waals surface area contributed by atoms with E-state index in [0.29, 0.717) is 43.2 Å². The number of pyridine rings is 1. The molecular formula is C15H26N2O3. The molecule has 0 aliphatic rings. The summed E-state index contributed by atoms with van der Waals surface area (Å²) in [7, 11) is 0. The Morgan fingerprint density at radius 1 is 1.15 bits per heavy atom. The molecule has 0 aliphatic heterocycles. The van der Waals surface area contributed by atoms with Crippen LogP contribution in [0.2, 0.25) is 0 Å². The summed E-state index contributed by atoms with van der Waals surface area (Å²) in [5.41, 5.74) is 6.17. The first-order valence-electron chi connectivity index (χ1n) is 6.94. The summed E-state index contributed by atoms with van der Waals surface area (Å²) in [4.78, 5) is 4.25. The number of nitrogens with two attached hydrogens (primary N) is 1. The smallest absolute Gasteiger partial charge is 0.240 e. The number of nitrogens with zero attached hydrogens (tertiary/aromatic N) is 1. The average Bonchev–Trinajstić information content (AvgIpc) is 2.33. The Morgan fingerprint density at radius 3 is 2.45 bits per heavy atom. The van der Waals surface area contributed by atoms with Gasteiger partial charge in [-0.15, -0.1) is 0 Å². The molecule has 0 amide bonds. The molecule has 1 rings (SSSR count). The van der Waals surface area contributed by atoms with Crippen LogP contribution in [0.4, 0.5) is 5.69 Å². The van der Waals surface area contributed by atoms with E-state index >= 15 is 0 Å². The number of anilines is 1. The molecule has 1 heterocycles. The maximum absolute atomic E-state index is 5.82. The summed E-state index contributed by atoms with van der Waals surface area (Å²) in [6.45, 7) is 11.7. The Balaban J connectivity index is 2.48. The van der Waals surface area contributed by atoms with E-state index in [2.05, 4.69) is 18.8 Å². The van der Waals surface area contributed by atoms with Gasteiger partial charge in [-0.1, -0.05) is 13.8 Å². The van der Waals surface area contributed by atoms with Crippen LogP contribution < -0.4 is 15.2 Å². The molecule has 20 heavy (non-hydrogen) atoms. The highest BCUT2D eigenvalue weighted by atomic mass is 16.5. The lowest BCUT2D eigenvalue weighted by Crippen LogP contribution is -2.22. The molecule has 0 unspecified atom stereocenters. The summed E-state index contributed by atoms with van der Waals surface area (Å²) in [6.07, 6.45) is 0. The van der Waals surface area contributed by atoms with Crippen molar-refractivity contribution in [3.05, 3.63) is 12.1 Å². The minimum absolute atomic E-state index is 0.163. The normalized spacial score (nSPS) is 11.7. The molecule has 0 saturated carbocycles. The molecule has 0 fully saturated rings. The zero-order valence-corrected chi connectivity index (χ0v) is 13.1. The van der Waals surface area contributed by atoms with Crippen LogP contribution in [0.5, 0.6) is 11.8 Å². The molecule has 114 valence electrons. The third-order valence-corrected chi connectivity index (χ3v) is 2.29. The summed E-state index contributed by atoms with van der Waals surface area (Å²) < 4.78 is 16.7. The van der Waals surface area contributed by atoms with E-state index in [0.717, 1.165) is 0 Å². The van der Waals surface area contributed by atoms with Gasteiger partial charge in [-0.3, -0.25) is 0 Å². The van der Waals surface area contributed by atoms with Gasteiger partial charge in [-0.25, -0.2) is 0 Å². The molecule has 0 aliphatic carbocycles. The molecule has 0 saturated heterocycles. The number of ether oxygens (including phenoxy) is 3. The van der Waals surface area contributed by atoms with E-state index in [-0.39, 0.29) is 5.60 Å². The van der Waals surface area contributed by atoms with E-state index in [1.165, 1.54) is 0 Å². The maximum Gasteiger partial charge on any atom is 0.240 e. The van der Waals surface area contributed by atoms with Gasteiger partial charge < -0.3 is 19.9 Å². The molecule has 5 nitrogen and oxygen atoms in total. The molecule has 0 bridgehead atoms. The Bertz CT molecular complexity index is 414. The fraction of sp³-hybridized carbons (Fsp3) is 0.667. The first kappa shape index (κ1) is 16.6. The van der Waals surface area contributed by atoms with E-state index in [4.69, 9.17) is 19.9 Å². The van der Waals surface area contributed by atoms with Crippen LogP contribution >= 0.6 is 0 Å². The molecular weight excluding hydrogens is 256 g/mol. The van der Waals surface area contributed by atoms with Crippen LogP contribution in [0, 0.1) is 5.92 Å². The van der Waals surface area contributed by atoms with Crippen molar-refractivity contribution < 1.29 is 14.2 Å². The lowest BCUT2D eigenvalue weighted by atomic mass is 10.2. The van der Waals surface area contributed by atoms with Crippen LogP contribution in [0.25, 0.3) is 0 Å². The minimum atomic E-state index is -0.163. The van der Waals surface area contributed by atoms with Crippen LogP contribution in [-0.4, -0.2) is 30.4 Å². The molecule has 0 aromatic carbocycles. The third-order valence-electron chi connectivity index (χ3n) is 2.29. The number of hydrogen-bond acceptors (Lipinski definition) is 5. The van der Waals surface area contributed by atoms with Crippen molar-refractivity contribution in [1.82, 2.24) is 4.98 Å². The van der Waals surface area contributed by atoms with E-state index < -0.39 is 0 Å². The standard InChI is InChI=1S/C15H26N2O3/c1-11(2)10-19-14-12(16)6-7-13(17-14)18-8-9-20-15(3,4)5/h6-7,11H,8-10,16H2,1-5H3. The second-order valence-corrected chi connectivity index (χ2v) is 6.06. The van der Waals surface area contributed by atoms with Crippen LogP contribution in [0.1, 0.15) is 34.6 Å². The second kappa shape index (κ2) is 7.33. The fourth-order valence-corrected chi connectivity index (χ4v) is 1.37. The highest BCUT2D eigenvalue weighted by Crippen LogP contribution is 2.22. The first-order valence-corrected chi connectivity index (χ1v) is 6.94. The lowest BCUT2D eigenvalue weighted by Gasteiger charge is -2.19. The quantitative estimate of drug-likeness (QED) is 0.779. The third kappa shape index (κ3) is 6.61. The van der Waals surface area contributed by atoms with Crippen molar-refractivity contribution in [2.24, 2.45) is 5.92 Å². The van der Waals surface area contributed by atoms with Gasteiger partial charge in [0.15, 0.2) is 0 Å². The zero-order chi connectivity index (χ0) is 15.2. The average molecular weight is 282 g/mol. The van der Waals surface area contributed by atoms with Crippen LogP contribution in [0.15, 0.2) is 12.1 Å². The van der Waals surface area contributed by atoms with Crippen molar-refractivity contribution in [3.63, 3.8) is 0 Å². The van der Waals surface area contributed by atoms with Gasteiger partial charge in [-0.2, -0.15) is 4.98 Å². The molecule has 0 radical (unpaired) electrons. The van der Waals surface area contributed by atoms with E-state index in [1.807, 2.05) is 20.8 Å². The number of nitrogen functional groups attached to an aromatic ring is 1. The number of aromatic nitrogens is 1. The van der Waals surface area contributed by atoms with Crippen molar-refractivity contribution in [2.75, 3.05) is 25.6 Å². The van der Waals surface area contributed by atoms with E-state index in [9.17, 15) is 0 Å². The topological polar surface area (TPSA) is 66.6 Å². The molecule has 0 spiro atoms. The molecule has 2 N–H and O–H groups in total. The van der Waals surface area contributed by atoms with Gasteiger partial charge in [0.05, 0.1) is 24.5 Å². The molecule has 1 aromatic heterocycles. The first-order chi connectivity index (χ1) is 9.28. The van der Waals surface area contributed by atoms with Gasteiger partial charge in [-0.05, 0) is 32.8 Å². The van der Waals surface area contributed by atoms with Gasteiger partial charge in [0.25, 0.3) is 0 Å². The van der Waals surface area contributed by atoms with Crippen molar-refractivity contribution in [1.29, 1.82) is 0 Å². The molecule has 0 atom stereocenters. The van der Waals surface area contributed by atoms with E-state index in [1.54, 1.807) is 12.1 Å². The van der Waals surface area contributed by atoms with Crippen LogP contribution in [0.3, 0.4) is 0 Å². The number of rotatable bonds is 7. The van der Waals surface area contributed by atoms with Crippen molar-refractivity contribution in [3.8, 4) is 11.8 Å². The summed E-state index contributed by atoms with van der Waals surface area (Å²) >= 11 is 0. The highest BCUT2D eigenvalue weighted by Gasteiger charge is 2.10. The largest absolute Gasteiger partial charge is 0.476 e. The SMILES string of the molecule is CC(C)COc1nc(OCCOC(C)(C)C)ccc1N. The Morgan fingerprint density at radius 2 is 1.85 bits per heavy atom. The fourth-order valence-electron chi connectivity index (χ4n) is 1.37. The van der Waals surface area contributed by atoms with Gasteiger partial charge in [0.2, 0.25) is 11.8 Å². The Hall–Kier alpha value is -1.49. The summed E-state index contributed by atoms with van der Waals surface area (Å²) in [5.74, 6) is 1.34. The highest BCUT2D eigenvalue weighted by molar-refractivity contribution is 5.49. The predicted octanol–water partition coefficient (Wildman–Crippen LogP) is 2.89. The van der Waals surface area contributed by atoms with Gasteiger partial charge in [0.1, 0.15) is 6.61 Å². The van der Waals surface area contributed by atoms with Gasteiger partial charge in [0, 0.05) is 6.07 Å². The predicted molar refractivity (Wildman–Crippen MR) is 80.2 cm³/mol. The van der Waals surface area contributed by atoms with Crippen LogP contribution in [-0.2, 0) is 4.74 Å². The maximum atomic E-state index is 5.82. The van der Waals surface area contributed by atoms with Gasteiger partial charge >= 0.3 is 0 Å². The monoisotopic (exact) mass is 282 g/mol. The second-order valence-electron chi connectivity index (χ2n) is 6.06. The number of hydrogen-bond donors (Lipinski definition) is 1. The summed E-state index contributed by atoms with van der Waals surface area (Å²) in [6, 6.07) is 3.47. The lowest BCUT2D eigenvalue weighted by molar-refractivity contribution is -0.0168. The Kier molecular flexibility index (Phi) is 6.07. The molecule has 1 aromatic rings. The summed E-state index contributed by atoms with van der Waals surface area (Å²) in [5, 5.41) is 0. The Labute approximate surface area is 121 Å². The minimum Gasteiger partial charge on any atom is -0.476 e. The zero-order valence-electron chi connectivity index (χ0n) is 13.1. The van der Waals surface area contributed by atoms with Crippen molar-refractivity contribution in [2.45, 2.75) is 40.2 Å².